The molecular formula is C16H21N3O2S2. The van der Waals surface area contributed by atoms with Crippen molar-refractivity contribution in [2.45, 2.75) is 12.6 Å². The minimum Gasteiger partial charge on any atom is -0.386 e. The van der Waals surface area contributed by atoms with E-state index in [4.69, 9.17) is 0 Å². The van der Waals surface area contributed by atoms with E-state index in [-0.39, 0.29) is 6.03 Å². The molecule has 2 aromatic rings. The van der Waals surface area contributed by atoms with E-state index in [0.29, 0.717) is 26.2 Å². The monoisotopic (exact) mass is 351 g/mol. The summed E-state index contributed by atoms with van der Waals surface area (Å²) in [5.41, 5.74) is 0. The summed E-state index contributed by atoms with van der Waals surface area (Å²) in [5, 5.41) is 17.2. The number of amides is 2. The number of nitrogens with zero attached hydrogens (tertiary/aromatic N) is 2. The van der Waals surface area contributed by atoms with Crippen molar-refractivity contribution in [3.63, 3.8) is 0 Å². The van der Waals surface area contributed by atoms with Crippen molar-refractivity contribution in [3.8, 4) is 0 Å². The van der Waals surface area contributed by atoms with Crippen molar-refractivity contribution in [2.75, 3.05) is 32.7 Å². The molecule has 1 aliphatic heterocycles. The zero-order valence-corrected chi connectivity index (χ0v) is 14.5. The average molecular weight is 351 g/mol. The number of rotatable bonds is 5. The Kier molecular flexibility index (Phi) is 5.66. The third-order valence-electron chi connectivity index (χ3n) is 3.96. The number of thiophene rings is 2. The highest BCUT2D eigenvalue weighted by Crippen LogP contribution is 2.20. The maximum atomic E-state index is 12.2. The Labute approximate surface area is 144 Å². The third-order valence-corrected chi connectivity index (χ3v) is 5.81. The second-order valence-corrected chi connectivity index (χ2v) is 7.57. The van der Waals surface area contributed by atoms with Crippen LogP contribution in [0.5, 0.6) is 0 Å². The van der Waals surface area contributed by atoms with Crippen LogP contribution in [0, 0.1) is 0 Å². The lowest BCUT2D eigenvalue weighted by molar-refractivity contribution is 0.0826. The van der Waals surface area contributed by atoms with Gasteiger partial charge in [-0.25, -0.2) is 4.79 Å². The van der Waals surface area contributed by atoms with Gasteiger partial charge in [0.05, 0.1) is 6.54 Å². The molecule has 1 unspecified atom stereocenters. The summed E-state index contributed by atoms with van der Waals surface area (Å²) in [6.45, 7) is 4.23. The van der Waals surface area contributed by atoms with Crippen LogP contribution >= 0.6 is 22.7 Å². The molecule has 1 saturated heterocycles. The van der Waals surface area contributed by atoms with E-state index >= 15 is 0 Å². The Bertz CT molecular complexity index is 593. The van der Waals surface area contributed by atoms with E-state index in [1.165, 1.54) is 0 Å². The van der Waals surface area contributed by atoms with Crippen molar-refractivity contribution in [1.82, 2.24) is 15.1 Å². The smallest absolute Gasteiger partial charge is 0.317 e. The van der Waals surface area contributed by atoms with Crippen molar-refractivity contribution in [2.24, 2.45) is 0 Å². The topological polar surface area (TPSA) is 55.8 Å². The number of nitrogens with one attached hydrogen (secondary N) is 1. The molecule has 0 saturated carbocycles. The van der Waals surface area contributed by atoms with Crippen LogP contribution in [0.4, 0.5) is 4.79 Å². The van der Waals surface area contributed by atoms with Gasteiger partial charge in [0.2, 0.25) is 0 Å². The minimum absolute atomic E-state index is 0.00291. The summed E-state index contributed by atoms with van der Waals surface area (Å²) in [6, 6.07) is 7.93. The molecule has 0 aliphatic carbocycles. The fourth-order valence-electron chi connectivity index (χ4n) is 2.64. The second-order valence-electron chi connectivity index (χ2n) is 5.56. The normalized spacial score (nSPS) is 17.2. The predicted octanol–water partition coefficient (Wildman–Crippen LogP) is 2.37. The maximum Gasteiger partial charge on any atom is 0.317 e. The summed E-state index contributed by atoms with van der Waals surface area (Å²) in [4.78, 5) is 18.4. The Morgan fingerprint density at radius 3 is 2.57 bits per heavy atom. The van der Waals surface area contributed by atoms with Crippen LogP contribution in [0.3, 0.4) is 0 Å². The largest absolute Gasteiger partial charge is 0.386 e. The molecule has 3 heterocycles. The first-order valence-electron chi connectivity index (χ1n) is 7.71. The van der Waals surface area contributed by atoms with E-state index in [0.717, 1.165) is 22.8 Å². The van der Waals surface area contributed by atoms with Crippen molar-refractivity contribution < 1.29 is 9.90 Å². The summed E-state index contributed by atoms with van der Waals surface area (Å²) < 4.78 is 0. The molecule has 3 rings (SSSR count). The molecule has 1 fully saturated rings. The van der Waals surface area contributed by atoms with Gasteiger partial charge in [0.25, 0.3) is 0 Å². The second kappa shape index (κ2) is 7.92. The number of urea groups is 1. The quantitative estimate of drug-likeness (QED) is 0.870. The number of hydrogen-bond acceptors (Lipinski definition) is 5. The zero-order chi connectivity index (χ0) is 16.1. The maximum absolute atomic E-state index is 12.2. The molecular weight excluding hydrogens is 330 g/mol. The van der Waals surface area contributed by atoms with E-state index in [1.807, 2.05) is 39.9 Å². The van der Waals surface area contributed by atoms with E-state index in [2.05, 4.69) is 10.2 Å². The zero-order valence-electron chi connectivity index (χ0n) is 12.9. The van der Waals surface area contributed by atoms with Gasteiger partial charge in [-0.2, -0.15) is 0 Å². The lowest BCUT2D eigenvalue weighted by atomic mass is 10.2. The molecule has 7 heteroatoms. The van der Waals surface area contributed by atoms with Crippen LogP contribution in [0.25, 0.3) is 0 Å². The number of aliphatic hydroxyl groups is 1. The molecule has 124 valence electrons. The van der Waals surface area contributed by atoms with E-state index in [9.17, 15) is 9.90 Å². The van der Waals surface area contributed by atoms with Gasteiger partial charge in [-0.05, 0) is 22.9 Å². The predicted molar refractivity (Wildman–Crippen MR) is 93.8 cm³/mol. The lowest BCUT2D eigenvalue weighted by Gasteiger charge is -2.35. The van der Waals surface area contributed by atoms with Crippen LogP contribution in [-0.4, -0.2) is 53.7 Å². The number of aliphatic hydroxyl groups excluding tert-OH is 1. The van der Waals surface area contributed by atoms with Crippen molar-refractivity contribution in [3.05, 3.63) is 44.8 Å². The summed E-state index contributed by atoms with van der Waals surface area (Å²) in [5.74, 6) is 0. The molecule has 5 nitrogen and oxygen atoms in total. The number of hydrogen-bond donors (Lipinski definition) is 2. The highest BCUT2D eigenvalue weighted by molar-refractivity contribution is 7.10. The molecule has 23 heavy (non-hydrogen) atoms. The van der Waals surface area contributed by atoms with Crippen LogP contribution in [-0.2, 0) is 6.54 Å². The van der Waals surface area contributed by atoms with Crippen LogP contribution in [0.15, 0.2) is 35.0 Å². The van der Waals surface area contributed by atoms with Crippen LogP contribution < -0.4 is 5.32 Å². The van der Waals surface area contributed by atoms with Crippen LogP contribution in [0.2, 0.25) is 0 Å². The third kappa shape index (κ3) is 4.54. The fraction of sp³-hybridized carbons (Fsp3) is 0.438. The van der Waals surface area contributed by atoms with Gasteiger partial charge in [-0.15, -0.1) is 22.7 Å². The minimum atomic E-state index is -0.436. The standard InChI is InChI=1S/C16H21N3O2S2/c20-14(15-4-2-10-23-15)12-18-5-7-19(8-6-18)16(21)17-11-13-3-1-9-22-13/h1-4,9-10,14,20H,5-8,11-12H2,(H,17,21). The Hall–Kier alpha value is -1.41. The lowest BCUT2D eigenvalue weighted by Crippen LogP contribution is -2.52. The SMILES string of the molecule is O=C(NCc1cccs1)N1CCN(CC(O)c2cccs2)CC1. The summed E-state index contributed by atoms with van der Waals surface area (Å²) in [6.07, 6.45) is -0.436. The van der Waals surface area contributed by atoms with Gasteiger partial charge < -0.3 is 15.3 Å². The Morgan fingerprint density at radius 2 is 1.91 bits per heavy atom. The number of piperazine rings is 1. The molecule has 2 amide bonds. The highest BCUT2D eigenvalue weighted by Gasteiger charge is 2.23. The van der Waals surface area contributed by atoms with Gasteiger partial charge in [0.15, 0.2) is 0 Å². The molecule has 0 aromatic carbocycles. The molecule has 0 bridgehead atoms. The van der Waals surface area contributed by atoms with Gasteiger partial charge in [0.1, 0.15) is 6.10 Å². The first kappa shape index (κ1) is 16.4. The first-order chi connectivity index (χ1) is 11.2. The highest BCUT2D eigenvalue weighted by atomic mass is 32.1. The average Bonchev–Trinajstić information content (AvgIpc) is 3.26. The first-order valence-corrected chi connectivity index (χ1v) is 9.47. The Morgan fingerprint density at radius 1 is 1.17 bits per heavy atom. The van der Waals surface area contributed by atoms with Gasteiger partial charge in [-0.1, -0.05) is 12.1 Å². The van der Waals surface area contributed by atoms with E-state index < -0.39 is 6.10 Å². The number of carbonyl (C=O) groups is 1. The van der Waals surface area contributed by atoms with Gasteiger partial charge in [0, 0.05) is 42.5 Å². The number of β-amino-alcohol motifs (C(OH)–C–C–N with tert-alkyl or cyclic N) is 1. The van der Waals surface area contributed by atoms with E-state index in [1.54, 1.807) is 22.7 Å². The fourth-order valence-corrected chi connectivity index (χ4v) is 3.98. The molecule has 1 aliphatic rings. The molecule has 2 aromatic heterocycles. The Balaban J connectivity index is 1.40. The summed E-state index contributed by atoms with van der Waals surface area (Å²) >= 11 is 3.23. The summed E-state index contributed by atoms with van der Waals surface area (Å²) in [7, 11) is 0. The van der Waals surface area contributed by atoms with Gasteiger partial charge in [-0.3, -0.25) is 4.90 Å². The van der Waals surface area contributed by atoms with Crippen LogP contribution in [0.1, 0.15) is 15.9 Å². The molecule has 2 N–H and O–H groups in total. The molecule has 1 atom stereocenters. The molecule has 0 radical (unpaired) electrons. The number of carbonyl (C=O) groups excluding carboxylic acids is 1. The molecule has 0 spiro atoms. The van der Waals surface area contributed by atoms with Gasteiger partial charge >= 0.3 is 6.03 Å². The van der Waals surface area contributed by atoms with Crippen molar-refractivity contribution in [1.29, 1.82) is 0 Å². The van der Waals surface area contributed by atoms with Crippen molar-refractivity contribution >= 4 is 28.7 Å².